The molecule has 4 aromatic rings. The van der Waals surface area contributed by atoms with Gasteiger partial charge in [0.25, 0.3) is 0 Å². The lowest BCUT2D eigenvalue weighted by atomic mass is 9.76. The summed E-state index contributed by atoms with van der Waals surface area (Å²) in [5.74, 6) is 3.03. The highest BCUT2D eigenvalue weighted by Gasteiger charge is 2.26. The molecule has 0 heterocycles. The molecule has 8 rings (SSSR count). The molecule has 4 aliphatic carbocycles. The monoisotopic (exact) mass is 680 g/mol. The lowest BCUT2D eigenvalue weighted by molar-refractivity contribution is 0.191. The summed E-state index contributed by atoms with van der Waals surface area (Å²) in [6, 6.07) is 25.8. The van der Waals surface area contributed by atoms with Crippen molar-refractivity contribution in [2.24, 2.45) is 11.8 Å². The van der Waals surface area contributed by atoms with Crippen LogP contribution < -0.4 is 9.47 Å². The van der Waals surface area contributed by atoms with Gasteiger partial charge in [-0.1, -0.05) is 121 Å². The van der Waals surface area contributed by atoms with Gasteiger partial charge in [-0.25, -0.2) is 0 Å². The summed E-state index contributed by atoms with van der Waals surface area (Å²) in [6.07, 6.45) is 20.3. The summed E-state index contributed by atoms with van der Waals surface area (Å²) < 4.78 is 13.6. The molecule has 2 heteroatoms. The van der Waals surface area contributed by atoms with Gasteiger partial charge in [-0.15, -0.1) is 0 Å². The minimum Gasteiger partial charge on any atom is -0.493 e. The molecule has 0 amide bonds. The van der Waals surface area contributed by atoms with E-state index in [9.17, 15) is 0 Å². The second-order valence-electron chi connectivity index (χ2n) is 14.1. The first-order valence-corrected chi connectivity index (χ1v) is 19.1. The molecule has 2 nitrogen and oxygen atoms in total. The van der Waals surface area contributed by atoms with Crippen molar-refractivity contribution in [1.82, 2.24) is 0 Å². The molecular formula is C50H48O2. The Morgan fingerprint density at radius 3 is 1.79 bits per heavy atom. The molecule has 0 spiro atoms. The minimum atomic E-state index is 0.377. The lowest BCUT2D eigenvalue weighted by Gasteiger charge is -2.31. The number of fused-ring (bicyclic) bond motifs is 2. The van der Waals surface area contributed by atoms with Gasteiger partial charge in [0.15, 0.2) is 0 Å². The molecular weight excluding hydrogens is 633 g/mol. The average Bonchev–Trinajstić information content (AvgIpc) is 3.21. The first-order chi connectivity index (χ1) is 25.6. The van der Waals surface area contributed by atoms with Gasteiger partial charge in [0.1, 0.15) is 18.1 Å². The van der Waals surface area contributed by atoms with Crippen LogP contribution in [0.1, 0.15) is 66.2 Å². The van der Waals surface area contributed by atoms with Crippen LogP contribution in [0.5, 0.6) is 11.5 Å². The Morgan fingerprint density at radius 1 is 0.596 bits per heavy atom. The fourth-order valence-corrected chi connectivity index (χ4v) is 7.69. The van der Waals surface area contributed by atoms with E-state index in [-0.39, 0.29) is 0 Å². The van der Waals surface area contributed by atoms with Crippen molar-refractivity contribution >= 4 is 21.5 Å². The minimum absolute atomic E-state index is 0.377. The number of allylic oxidation sites excluding steroid dienone is 10. The van der Waals surface area contributed by atoms with Gasteiger partial charge in [0.2, 0.25) is 0 Å². The van der Waals surface area contributed by atoms with E-state index >= 15 is 0 Å². The Morgan fingerprint density at radius 2 is 1.21 bits per heavy atom. The van der Waals surface area contributed by atoms with E-state index in [2.05, 4.69) is 127 Å². The first-order valence-electron chi connectivity index (χ1n) is 19.1. The van der Waals surface area contributed by atoms with Crippen molar-refractivity contribution in [3.63, 3.8) is 0 Å². The Labute approximate surface area is 309 Å². The SMILES string of the molecule is CC.CC1=C=C=C(C2=C=C=C(COc3ccc4ccccc4c3-c3c(OCC4CCC(C5=CC=C(C)CC5)CC4)ccc4ccccc34)C=C2)C=C1. The second kappa shape index (κ2) is 16.3. The molecule has 0 saturated heterocycles. The van der Waals surface area contributed by atoms with Gasteiger partial charge in [-0.2, -0.15) is 0 Å². The maximum absolute atomic E-state index is 6.87. The highest BCUT2D eigenvalue weighted by atomic mass is 16.5. The Bertz CT molecular complexity index is 2340. The molecule has 0 N–H and O–H groups in total. The predicted octanol–water partition coefficient (Wildman–Crippen LogP) is 13.3. The van der Waals surface area contributed by atoms with Gasteiger partial charge in [0, 0.05) is 27.8 Å². The van der Waals surface area contributed by atoms with Crippen molar-refractivity contribution in [3.05, 3.63) is 166 Å². The van der Waals surface area contributed by atoms with Crippen molar-refractivity contribution in [2.45, 2.75) is 66.2 Å². The molecule has 0 aliphatic heterocycles. The molecule has 0 atom stereocenters. The summed E-state index contributed by atoms with van der Waals surface area (Å²) in [6.45, 7) is 9.37. The summed E-state index contributed by atoms with van der Waals surface area (Å²) in [7, 11) is 0. The van der Waals surface area contributed by atoms with Gasteiger partial charge < -0.3 is 9.47 Å². The van der Waals surface area contributed by atoms with Crippen LogP contribution in [0.3, 0.4) is 0 Å². The molecule has 0 aromatic heterocycles. The molecule has 0 radical (unpaired) electrons. The van der Waals surface area contributed by atoms with Crippen LogP contribution in [0.4, 0.5) is 0 Å². The third kappa shape index (κ3) is 7.73. The van der Waals surface area contributed by atoms with Crippen LogP contribution in [0.25, 0.3) is 32.7 Å². The van der Waals surface area contributed by atoms with Crippen LogP contribution in [-0.2, 0) is 0 Å². The number of rotatable bonds is 9. The van der Waals surface area contributed by atoms with Crippen molar-refractivity contribution in [2.75, 3.05) is 13.2 Å². The van der Waals surface area contributed by atoms with Crippen LogP contribution in [0.15, 0.2) is 166 Å². The third-order valence-corrected chi connectivity index (χ3v) is 10.6. The second-order valence-corrected chi connectivity index (χ2v) is 14.1. The largest absolute Gasteiger partial charge is 0.493 e. The van der Waals surface area contributed by atoms with Crippen molar-refractivity contribution in [1.29, 1.82) is 0 Å². The fraction of sp³-hybridized carbons (Fsp3) is 0.280. The van der Waals surface area contributed by atoms with Crippen LogP contribution in [-0.4, -0.2) is 13.2 Å². The lowest BCUT2D eigenvalue weighted by Crippen LogP contribution is -2.21. The van der Waals surface area contributed by atoms with Crippen molar-refractivity contribution in [3.8, 4) is 22.6 Å². The number of ether oxygens (including phenoxy) is 2. The topological polar surface area (TPSA) is 18.5 Å². The van der Waals surface area contributed by atoms with Crippen molar-refractivity contribution < 1.29 is 9.47 Å². The molecule has 4 aromatic carbocycles. The standard InChI is InChI=1S/C48H42O2.C2H6/c1-33-11-19-37(20-12-33)39-23-15-35(16-24-39)31-49-45-29-27-41-7-3-5-9-43(41)47(45)48-44-10-6-4-8-42(44)28-30-46(48)50-32-36-17-25-40(26-18-36)38-21-13-34(2)14-22-38;1-2/h3-11,13,17,19,21,25,27-30,35,39H,12,15-16,20,23-24,31-32H2,1-2H3;1-2H3. The quantitative estimate of drug-likeness (QED) is 0.164. The summed E-state index contributed by atoms with van der Waals surface area (Å²) in [5, 5.41) is 4.67. The van der Waals surface area contributed by atoms with E-state index in [1.54, 1.807) is 5.57 Å². The fourth-order valence-electron chi connectivity index (χ4n) is 7.69. The average molecular weight is 681 g/mol. The Kier molecular flexibility index (Phi) is 10.9. The van der Waals surface area contributed by atoms with Gasteiger partial charge in [0.05, 0.1) is 6.61 Å². The summed E-state index contributed by atoms with van der Waals surface area (Å²) in [5.41, 5.74) is 22.2. The van der Waals surface area contributed by atoms with E-state index in [1.165, 1.54) is 54.9 Å². The Hall–Kier alpha value is -5.44. The predicted molar refractivity (Wildman–Crippen MR) is 218 cm³/mol. The zero-order valence-corrected chi connectivity index (χ0v) is 31.0. The van der Waals surface area contributed by atoms with E-state index < -0.39 is 0 Å². The van der Waals surface area contributed by atoms with Crippen LogP contribution in [0, 0.1) is 11.8 Å². The maximum Gasteiger partial charge on any atom is 0.128 e. The van der Waals surface area contributed by atoms with Gasteiger partial charge in [-0.05, 0) is 128 Å². The maximum atomic E-state index is 6.87. The normalized spacial score (nSPS) is 19.2. The van der Waals surface area contributed by atoms with E-state index in [0.29, 0.717) is 12.5 Å². The molecule has 0 unspecified atom stereocenters. The zero-order chi connectivity index (χ0) is 35.9. The zero-order valence-electron chi connectivity index (χ0n) is 31.0. The Balaban J connectivity index is 0.00000207. The molecule has 1 fully saturated rings. The van der Waals surface area contributed by atoms with Crippen LogP contribution in [0.2, 0.25) is 0 Å². The molecule has 4 aliphatic rings. The molecule has 52 heavy (non-hydrogen) atoms. The van der Waals surface area contributed by atoms with Crippen LogP contribution >= 0.6 is 0 Å². The van der Waals surface area contributed by atoms with E-state index in [0.717, 1.165) is 68.2 Å². The number of benzene rings is 4. The summed E-state index contributed by atoms with van der Waals surface area (Å²) >= 11 is 0. The van der Waals surface area contributed by atoms with Gasteiger partial charge in [-0.3, -0.25) is 0 Å². The molecule has 1 saturated carbocycles. The number of hydrogen-bond donors (Lipinski definition) is 0. The highest BCUT2D eigenvalue weighted by Crippen LogP contribution is 2.46. The summed E-state index contributed by atoms with van der Waals surface area (Å²) in [4.78, 5) is 0. The first kappa shape index (κ1) is 35.0. The highest BCUT2D eigenvalue weighted by molar-refractivity contribution is 6.09. The number of hydrogen-bond acceptors (Lipinski definition) is 2. The molecule has 0 bridgehead atoms. The van der Waals surface area contributed by atoms with E-state index in [1.807, 2.05) is 32.9 Å². The van der Waals surface area contributed by atoms with E-state index in [4.69, 9.17) is 9.47 Å². The third-order valence-electron chi connectivity index (χ3n) is 10.6. The van der Waals surface area contributed by atoms with Gasteiger partial charge >= 0.3 is 0 Å². The molecule has 260 valence electrons. The smallest absolute Gasteiger partial charge is 0.128 e.